The molecule has 0 aliphatic carbocycles. The molecule has 0 radical (unpaired) electrons. The van der Waals surface area contributed by atoms with Crippen molar-refractivity contribution in [2.24, 2.45) is 5.41 Å². The van der Waals surface area contributed by atoms with Crippen molar-refractivity contribution in [3.63, 3.8) is 0 Å². The van der Waals surface area contributed by atoms with E-state index in [0.29, 0.717) is 22.7 Å². The van der Waals surface area contributed by atoms with Gasteiger partial charge in [0.1, 0.15) is 17.3 Å². The van der Waals surface area contributed by atoms with Gasteiger partial charge in [-0.3, -0.25) is 14.9 Å². The van der Waals surface area contributed by atoms with E-state index in [-0.39, 0.29) is 21.9 Å². The van der Waals surface area contributed by atoms with Crippen LogP contribution < -0.4 is 10.6 Å². The number of carbonyl (C=O) groups is 2. The van der Waals surface area contributed by atoms with Gasteiger partial charge < -0.3 is 10.1 Å². The maximum Gasteiger partial charge on any atom is 0.323 e. The van der Waals surface area contributed by atoms with Crippen LogP contribution in [0, 0.1) is 11.2 Å². The van der Waals surface area contributed by atoms with Crippen molar-refractivity contribution in [2.75, 3.05) is 12.4 Å². The molecule has 170 valence electrons. The minimum atomic E-state index is -1.27. The summed E-state index contributed by atoms with van der Waals surface area (Å²) in [5, 5.41) is 6.65. The lowest BCUT2D eigenvalue weighted by molar-refractivity contribution is -0.143. The average molecular weight is 479 g/mol. The van der Waals surface area contributed by atoms with Crippen LogP contribution in [-0.2, 0) is 19.7 Å². The molecule has 4 atom stereocenters. The molecule has 1 saturated heterocycles. The predicted octanol–water partition coefficient (Wildman–Crippen LogP) is 5.06. The molecule has 2 heterocycles. The minimum Gasteiger partial charge on any atom is -0.468 e. The highest BCUT2D eigenvalue weighted by molar-refractivity contribution is 6.31. The molecule has 0 bridgehead atoms. The topological polar surface area (TPSA) is 67.4 Å². The summed E-state index contributed by atoms with van der Waals surface area (Å²) in [5.41, 5.74) is -0.0412. The Balaban J connectivity index is 2.04. The zero-order valence-electron chi connectivity index (χ0n) is 18.3. The second-order valence-corrected chi connectivity index (χ2v) is 10.5. The summed E-state index contributed by atoms with van der Waals surface area (Å²) in [6, 6.07) is 8.37. The maximum atomic E-state index is 15.4. The van der Waals surface area contributed by atoms with Crippen molar-refractivity contribution in [2.45, 2.75) is 50.6 Å². The van der Waals surface area contributed by atoms with Gasteiger partial charge in [0.05, 0.1) is 12.1 Å². The van der Waals surface area contributed by atoms with Gasteiger partial charge in [0.15, 0.2) is 0 Å². The Bertz CT molecular complexity index is 1100. The highest BCUT2D eigenvalue weighted by Crippen LogP contribution is 2.57. The highest BCUT2D eigenvalue weighted by Gasteiger charge is 2.66. The van der Waals surface area contributed by atoms with Crippen molar-refractivity contribution in [3.05, 3.63) is 63.4 Å². The molecule has 1 amide bonds. The number of benzene rings is 2. The molecule has 32 heavy (non-hydrogen) atoms. The van der Waals surface area contributed by atoms with Crippen LogP contribution in [0.4, 0.5) is 10.1 Å². The zero-order chi connectivity index (χ0) is 23.4. The van der Waals surface area contributed by atoms with Gasteiger partial charge in [0.25, 0.3) is 0 Å². The van der Waals surface area contributed by atoms with Crippen molar-refractivity contribution >= 4 is 40.8 Å². The Labute approximate surface area is 196 Å². The van der Waals surface area contributed by atoms with Gasteiger partial charge in [-0.2, -0.15) is 0 Å². The third-order valence-electron chi connectivity index (χ3n) is 6.39. The van der Waals surface area contributed by atoms with E-state index < -0.39 is 35.2 Å². The van der Waals surface area contributed by atoms with Crippen LogP contribution in [0.2, 0.25) is 10.0 Å². The fourth-order valence-electron chi connectivity index (χ4n) is 5.26. The van der Waals surface area contributed by atoms with E-state index >= 15 is 4.39 Å². The number of carbonyl (C=O) groups excluding carboxylic acids is 2. The molecule has 2 N–H and O–H groups in total. The van der Waals surface area contributed by atoms with Crippen LogP contribution >= 0.6 is 23.2 Å². The van der Waals surface area contributed by atoms with Crippen molar-refractivity contribution in [1.29, 1.82) is 0 Å². The van der Waals surface area contributed by atoms with Crippen molar-refractivity contribution in [3.8, 4) is 0 Å². The molecule has 4 unspecified atom stereocenters. The Morgan fingerprint density at radius 3 is 2.59 bits per heavy atom. The molecule has 2 aliphatic rings. The van der Waals surface area contributed by atoms with Crippen LogP contribution in [0.1, 0.15) is 44.2 Å². The van der Waals surface area contributed by atoms with Crippen LogP contribution in [-0.4, -0.2) is 31.1 Å². The van der Waals surface area contributed by atoms with Crippen LogP contribution in [0.25, 0.3) is 0 Å². The molecule has 4 rings (SSSR count). The van der Waals surface area contributed by atoms with Gasteiger partial charge in [-0.05, 0) is 41.2 Å². The number of rotatable bonds is 3. The van der Waals surface area contributed by atoms with Gasteiger partial charge in [0.2, 0.25) is 5.91 Å². The van der Waals surface area contributed by atoms with E-state index in [4.69, 9.17) is 27.9 Å². The molecule has 1 fully saturated rings. The minimum absolute atomic E-state index is 0.0738. The molecule has 0 aromatic heterocycles. The number of ether oxygens (including phenoxy) is 1. The summed E-state index contributed by atoms with van der Waals surface area (Å²) in [4.78, 5) is 26.7. The summed E-state index contributed by atoms with van der Waals surface area (Å²) in [7, 11) is 1.28. The van der Waals surface area contributed by atoms with Crippen molar-refractivity contribution in [1.82, 2.24) is 5.32 Å². The van der Waals surface area contributed by atoms with Gasteiger partial charge in [-0.15, -0.1) is 0 Å². The lowest BCUT2D eigenvalue weighted by Crippen LogP contribution is -2.49. The fourth-order valence-corrected chi connectivity index (χ4v) is 5.61. The van der Waals surface area contributed by atoms with Gasteiger partial charge in [0, 0.05) is 22.7 Å². The zero-order valence-corrected chi connectivity index (χ0v) is 19.8. The van der Waals surface area contributed by atoms with Crippen molar-refractivity contribution < 1.29 is 18.7 Å². The molecular weight excluding hydrogens is 454 g/mol. The Morgan fingerprint density at radius 2 is 1.94 bits per heavy atom. The van der Waals surface area contributed by atoms with Gasteiger partial charge >= 0.3 is 5.97 Å². The third-order valence-corrected chi connectivity index (χ3v) is 6.92. The molecule has 2 aromatic rings. The first-order valence-electron chi connectivity index (χ1n) is 10.4. The summed E-state index contributed by atoms with van der Waals surface area (Å²) in [6.45, 7) is 6.16. The number of fused-ring (bicyclic) bond motifs is 2. The SMILES string of the molecule is COC(=O)C1NC(CC(C)(C)C)C2(C(=O)Nc3cc(Cl)ccc32)C1c1cccc(Cl)c1F. The number of amides is 1. The summed E-state index contributed by atoms with van der Waals surface area (Å²) in [6.07, 6.45) is 0.550. The number of esters is 1. The number of methoxy groups -OCH3 is 1. The number of halogens is 3. The predicted molar refractivity (Wildman–Crippen MR) is 123 cm³/mol. The maximum absolute atomic E-state index is 15.4. The quantitative estimate of drug-likeness (QED) is 0.605. The normalized spacial score (nSPS) is 26.8. The van der Waals surface area contributed by atoms with E-state index in [0.717, 1.165) is 0 Å². The van der Waals surface area contributed by atoms with E-state index in [9.17, 15) is 9.59 Å². The Morgan fingerprint density at radius 1 is 1.22 bits per heavy atom. The number of hydrogen-bond acceptors (Lipinski definition) is 4. The first-order chi connectivity index (χ1) is 15.0. The standard InChI is InChI=1S/C24H25Cl2FN2O3/c1-23(2,3)11-17-24(14-9-8-12(25)10-16(14)28-22(24)31)18(20(29-17)21(30)32-4)13-6-5-7-15(26)19(13)27/h5-10,17-18,20,29H,11H2,1-4H3,(H,28,31). The molecule has 2 aromatic carbocycles. The van der Waals surface area contributed by atoms with E-state index in [1.54, 1.807) is 30.3 Å². The largest absolute Gasteiger partial charge is 0.468 e. The summed E-state index contributed by atoms with van der Waals surface area (Å²) in [5.74, 6) is -2.42. The van der Waals surface area contributed by atoms with E-state index in [2.05, 4.69) is 31.4 Å². The lowest BCUT2D eigenvalue weighted by Gasteiger charge is -2.37. The molecule has 0 saturated carbocycles. The fraction of sp³-hybridized carbons (Fsp3) is 0.417. The summed E-state index contributed by atoms with van der Waals surface area (Å²) >= 11 is 12.3. The highest BCUT2D eigenvalue weighted by atomic mass is 35.5. The first kappa shape index (κ1) is 23.0. The lowest BCUT2D eigenvalue weighted by atomic mass is 9.62. The van der Waals surface area contributed by atoms with Crippen LogP contribution in [0.5, 0.6) is 0 Å². The van der Waals surface area contributed by atoms with Gasteiger partial charge in [-0.25, -0.2) is 4.39 Å². The third kappa shape index (κ3) is 3.49. The molecule has 8 heteroatoms. The Kier molecular flexibility index (Phi) is 5.76. The van der Waals surface area contributed by atoms with Crippen LogP contribution in [0.15, 0.2) is 36.4 Å². The molecule has 2 aliphatic heterocycles. The number of anilines is 1. The molecular formula is C24H25Cl2FN2O3. The average Bonchev–Trinajstić information content (AvgIpc) is 3.18. The molecule has 5 nitrogen and oxygen atoms in total. The Hall–Kier alpha value is -2.15. The second-order valence-electron chi connectivity index (χ2n) is 9.62. The number of hydrogen-bond donors (Lipinski definition) is 2. The van der Waals surface area contributed by atoms with Crippen LogP contribution in [0.3, 0.4) is 0 Å². The second kappa shape index (κ2) is 8.01. The molecule has 1 spiro atoms. The monoisotopic (exact) mass is 478 g/mol. The summed E-state index contributed by atoms with van der Waals surface area (Å²) < 4.78 is 20.5. The van der Waals surface area contributed by atoms with E-state index in [1.807, 2.05) is 0 Å². The van der Waals surface area contributed by atoms with E-state index in [1.165, 1.54) is 13.2 Å². The smallest absolute Gasteiger partial charge is 0.323 e. The first-order valence-corrected chi connectivity index (χ1v) is 11.2. The number of nitrogens with one attached hydrogen (secondary N) is 2. The van der Waals surface area contributed by atoms with Gasteiger partial charge in [-0.1, -0.05) is 62.2 Å².